The average Bonchev–Trinajstić information content (AvgIpc) is 2.71. The van der Waals surface area contributed by atoms with E-state index >= 15 is 0 Å². The third kappa shape index (κ3) is 3.05. The molecule has 1 aromatic carbocycles. The Morgan fingerprint density at radius 1 is 1.23 bits per heavy atom. The summed E-state index contributed by atoms with van der Waals surface area (Å²) in [7, 11) is 0. The van der Waals surface area contributed by atoms with Crippen LogP contribution in [0.25, 0.3) is 0 Å². The number of nitrogens with zero attached hydrogens (tertiary/aromatic N) is 1. The first-order chi connectivity index (χ1) is 10.6. The zero-order valence-corrected chi connectivity index (χ0v) is 12.5. The fraction of sp³-hybridized carbons (Fsp3) is 0.375. The predicted octanol–water partition coefficient (Wildman–Crippen LogP) is 3.60. The van der Waals surface area contributed by atoms with Gasteiger partial charge in [-0.25, -0.2) is 4.79 Å². The van der Waals surface area contributed by atoms with Gasteiger partial charge in [0.1, 0.15) is 11.5 Å². The van der Waals surface area contributed by atoms with Crippen molar-refractivity contribution in [1.82, 2.24) is 5.16 Å². The quantitative estimate of drug-likeness (QED) is 0.584. The maximum Gasteiger partial charge on any atom is 0.324 e. The predicted molar refractivity (Wildman–Crippen MR) is 83.2 cm³/mol. The van der Waals surface area contributed by atoms with Crippen LogP contribution in [0.1, 0.15) is 36.1 Å². The van der Waals surface area contributed by atoms with E-state index in [0.29, 0.717) is 17.1 Å². The molecule has 0 bridgehead atoms. The molecule has 3 N–H and O–H groups in total. The number of carbonyl (C=O) groups excluding carboxylic acids is 1. The summed E-state index contributed by atoms with van der Waals surface area (Å²) in [5.41, 5.74) is 2.32. The zero-order valence-electron chi connectivity index (χ0n) is 12.5. The fourth-order valence-electron chi connectivity index (χ4n) is 2.66. The number of aryl methyl sites for hydroxylation is 2. The first-order valence-electron chi connectivity index (χ1n) is 7.48. The number of urea groups is 1. The van der Waals surface area contributed by atoms with E-state index in [2.05, 4.69) is 15.8 Å². The number of benzene rings is 1. The molecule has 1 heterocycles. The smallest absolute Gasteiger partial charge is 0.324 e. The Bertz CT molecular complexity index is 694. The van der Waals surface area contributed by atoms with E-state index < -0.39 is 0 Å². The SMILES string of the molecule is Cc1cc(NC(=O)Nc2noc3c2CCCCC3)ccc1O. The van der Waals surface area contributed by atoms with Gasteiger partial charge in [-0.05, 0) is 49.9 Å². The molecular formula is C16H19N3O3. The average molecular weight is 301 g/mol. The minimum atomic E-state index is -0.370. The Labute approximate surface area is 128 Å². The van der Waals surface area contributed by atoms with Gasteiger partial charge < -0.3 is 14.9 Å². The van der Waals surface area contributed by atoms with Gasteiger partial charge >= 0.3 is 6.03 Å². The molecule has 1 aromatic heterocycles. The number of carbonyl (C=O) groups is 1. The number of amides is 2. The molecule has 0 saturated carbocycles. The van der Waals surface area contributed by atoms with E-state index in [0.717, 1.165) is 37.0 Å². The Kier molecular flexibility index (Phi) is 4.00. The highest BCUT2D eigenvalue weighted by atomic mass is 16.5. The second-order valence-electron chi connectivity index (χ2n) is 5.57. The number of nitrogens with one attached hydrogen (secondary N) is 2. The monoisotopic (exact) mass is 301 g/mol. The summed E-state index contributed by atoms with van der Waals surface area (Å²) >= 11 is 0. The molecule has 6 heteroatoms. The molecule has 0 fully saturated rings. The Morgan fingerprint density at radius 2 is 2.05 bits per heavy atom. The standard InChI is InChI=1S/C16H19N3O3/c1-10-9-11(7-8-13(10)20)17-16(21)18-15-12-5-3-2-4-6-14(12)22-19-15/h7-9,20H,2-6H2,1H3,(H2,17,18,19,21). The lowest BCUT2D eigenvalue weighted by Crippen LogP contribution is -2.20. The normalized spacial score (nSPS) is 14.0. The van der Waals surface area contributed by atoms with Crippen LogP contribution in [-0.4, -0.2) is 16.3 Å². The zero-order chi connectivity index (χ0) is 15.5. The van der Waals surface area contributed by atoms with E-state index in [-0.39, 0.29) is 11.8 Å². The van der Waals surface area contributed by atoms with Crippen molar-refractivity contribution in [2.45, 2.75) is 39.0 Å². The van der Waals surface area contributed by atoms with Gasteiger partial charge in [0.2, 0.25) is 0 Å². The molecule has 116 valence electrons. The van der Waals surface area contributed by atoms with Crippen LogP contribution in [0.2, 0.25) is 0 Å². The molecule has 2 amide bonds. The number of phenols is 1. The van der Waals surface area contributed by atoms with E-state index in [1.54, 1.807) is 25.1 Å². The van der Waals surface area contributed by atoms with Crippen molar-refractivity contribution in [3.8, 4) is 5.75 Å². The van der Waals surface area contributed by atoms with Gasteiger partial charge in [0.15, 0.2) is 5.82 Å². The molecule has 1 aliphatic rings. The molecule has 0 atom stereocenters. The van der Waals surface area contributed by atoms with E-state index in [1.807, 2.05) is 0 Å². The first kappa shape index (κ1) is 14.4. The number of fused-ring (bicyclic) bond motifs is 1. The third-order valence-corrected chi connectivity index (χ3v) is 3.89. The fourth-order valence-corrected chi connectivity index (χ4v) is 2.66. The van der Waals surface area contributed by atoms with Gasteiger partial charge in [-0.15, -0.1) is 0 Å². The Hall–Kier alpha value is -2.50. The molecule has 0 unspecified atom stereocenters. The number of phenolic OH excluding ortho intramolecular Hbond substituents is 1. The van der Waals surface area contributed by atoms with Crippen molar-refractivity contribution in [3.05, 3.63) is 35.1 Å². The van der Waals surface area contributed by atoms with Gasteiger partial charge in [0.05, 0.1) is 0 Å². The van der Waals surface area contributed by atoms with Crippen LogP contribution in [0.5, 0.6) is 5.75 Å². The number of hydrogen-bond donors (Lipinski definition) is 3. The maximum atomic E-state index is 12.1. The van der Waals surface area contributed by atoms with Crippen molar-refractivity contribution >= 4 is 17.5 Å². The number of hydrogen-bond acceptors (Lipinski definition) is 4. The van der Waals surface area contributed by atoms with Gasteiger partial charge in [-0.2, -0.15) is 0 Å². The summed E-state index contributed by atoms with van der Waals surface area (Å²) in [5.74, 6) is 1.59. The molecule has 22 heavy (non-hydrogen) atoms. The minimum Gasteiger partial charge on any atom is -0.508 e. The van der Waals surface area contributed by atoms with E-state index in [4.69, 9.17) is 4.52 Å². The largest absolute Gasteiger partial charge is 0.508 e. The van der Waals surface area contributed by atoms with Gasteiger partial charge in [-0.3, -0.25) is 5.32 Å². The van der Waals surface area contributed by atoms with E-state index in [1.165, 1.54) is 6.42 Å². The van der Waals surface area contributed by atoms with Crippen LogP contribution in [0.3, 0.4) is 0 Å². The molecule has 6 nitrogen and oxygen atoms in total. The number of anilines is 2. The van der Waals surface area contributed by atoms with Gasteiger partial charge in [0, 0.05) is 17.7 Å². The highest BCUT2D eigenvalue weighted by Crippen LogP contribution is 2.27. The molecule has 2 aromatic rings. The second kappa shape index (κ2) is 6.09. The minimum absolute atomic E-state index is 0.202. The summed E-state index contributed by atoms with van der Waals surface area (Å²) < 4.78 is 5.33. The van der Waals surface area contributed by atoms with Crippen LogP contribution < -0.4 is 10.6 Å². The molecular weight excluding hydrogens is 282 g/mol. The lowest BCUT2D eigenvalue weighted by Gasteiger charge is -2.08. The molecule has 0 radical (unpaired) electrons. The van der Waals surface area contributed by atoms with Crippen LogP contribution in [-0.2, 0) is 12.8 Å². The van der Waals surface area contributed by atoms with Crippen molar-refractivity contribution in [2.75, 3.05) is 10.6 Å². The molecule has 3 rings (SSSR count). The highest BCUT2D eigenvalue weighted by molar-refractivity contribution is 5.99. The summed E-state index contributed by atoms with van der Waals surface area (Å²) in [6.45, 7) is 1.77. The molecule has 0 spiro atoms. The topological polar surface area (TPSA) is 87.4 Å². The molecule has 0 aliphatic heterocycles. The Balaban J connectivity index is 1.69. The van der Waals surface area contributed by atoms with E-state index in [9.17, 15) is 9.90 Å². The van der Waals surface area contributed by atoms with Gasteiger partial charge in [-0.1, -0.05) is 11.6 Å². The summed E-state index contributed by atoms with van der Waals surface area (Å²) in [5, 5.41) is 18.9. The lowest BCUT2D eigenvalue weighted by molar-refractivity contribution is 0.262. The number of rotatable bonds is 2. The van der Waals surface area contributed by atoms with Crippen molar-refractivity contribution in [2.24, 2.45) is 0 Å². The number of aromatic nitrogens is 1. The summed E-state index contributed by atoms with van der Waals surface area (Å²) in [6, 6.07) is 4.53. The van der Waals surface area contributed by atoms with Crippen molar-refractivity contribution < 1.29 is 14.4 Å². The first-order valence-corrected chi connectivity index (χ1v) is 7.48. The number of aromatic hydroxyl groups is 1. The maximum absolute atomic E-state index is 12.1. The Morgan fingerprint density at radius 3 is 2.86 bits per heavy atom. The van der Waals surface area contributed by atoms with Crippen molar-refractivity contribution in [3.63, 3.8) is 0 Å². The lowest BCUT2D eigenvalue weighted by atomic mass is 10.1. The second-order valence-corrected chi connectivity index (χ2v) is 5.57. The third-order valence-electron chi connectivity index (χ3n) is 3.89. The van der Waals surface area contributed by atoms with Gasteiger partial charge in [0.25, 0.3) is 0 Å². The van der Waals surface area contributed by atoms with Crippen LogP contribution in [0.15, 0.2) is 22.7 Å². The summed E-state index contributed by atoms with van der Waals surface area (Å²) in [6.07, 6.45) is 5.11. The molecule has 1 aliphatic carbocycles. The van der Waals surface area contributed by atoms with Crippen LogP contribution in [0, 0.1) is 6.92 Å². The molecule has 0 saturated heterocycles. The summed E-state index contributed by atoms with van der Waals surface area (Å²) in [4.78, 5) is 12.1. The highest BCUT2D eigenvalue weighted by Gasteiger charge is 2.19. The van der Waals surface area contributed by atoms with Crippen LogP contribution >= 0.6 is 0 Å². The van der Waals surface area contributed by atoms with Crippen LogP contribution in [0.4, 0.5) is 16.3 Å². The van der Waals surface area contributed by atoms with Crippen molar-refractivity contribution in [1.29, 1.82) is 0 Å².